The van der Waals surface area contributed by atoms with E-state index in [4.69, 9.17) is 14.0 Å². The van der Waals surface area contributed by atoms with Crippen LogP contribution in [0.15, 0.2) is 22.7 Å². The molecular weight excluding hydrogens is 331 g/mol. The van der Waals surface area contributed by atoms with E-state index in [1.54, 1.807) is 6.92 Å². The van der Waals surface area contributed by atoms with Gasteiger partial charge < -0.3 is 19.3 Å². The SMILES string of the molecule is COc1cc(OC)c(C(F)(F)F)cc1NC(=O)Nc1cc(C)on1. The Labute approximate surface area is 134 Å². The molecule has 2 amide bonds. The van der Waals surface area contributed by atoms with Crippen molar-refractivity contribution in [1.82, 2.24) is 5.16 Å². The molecule has 130 valence electrons. The van der Waals surface area contributed by atoms with E-state index in [0.29, 0.717) is 5.76 Å². The third-order valence-electron chi connectivity index (χ3n) is 2.94. The van der Waals surface area contributed by atoms with E-state index in [1.807, 2.05) is 0 Å². The van der Waals surface area contributed by atoms with Crippen molar-refractivity contribution in [3.05, 3.63) is 29.5 Å². The van der Waals surface area contributed by atoms with E-state index < -0.39 is 23.5 Å². The van der Waals surface area contributed by atoms with Gasteiger partial charge in [-0.1, -0.05) is 5.16 Å². The molecule has 0 aliphatic carbocycles. The number of nitrogens with zero attached hydrogens (tertiary/aromatic N) is 1. The van der Waals surface area contributed by atoms with E-state index in [2.05, 4.69) is 15.8 Å². The average molecular weight is 345 g/mol. The Balaban J connectivity index is 2.29. The van der Waals surface area contributed by atoms with Gasteiger partial charge in [0.2, 0.25) is 0 Å². The van der Waals surface area contributed by atoms with Gasteiger partial charge in [0.25, 0.3) is 0 Å². The highest BCUT2D eigenvalue weighted by molar-refractivity contribution is 6.00. The molecular formula is C14H14F3N3O4. The minimum atomic E-state index is -4.66. The summed E-state index contributed by atoms with van der Waals surface area (Å²) >= 11 is 0. The van der Waals surface area contributed by atoms with E-state index in [-0.39, 0.29) is 17.3 Å². The first-order chi connectivity index (χ1) is 11.2. The molecule has 1 aromatic carbocycles. The van der Waals surface area contributed by atoms with Crippen molar-refractivity contribution >= 4 is 17.5 Å². The Morgan fingerprint density at radius 2 is 1.79 bits per heavy atom. The molecule has 0 atom stereocenters. The van der Waals surface area contributed by atoms with Crippen molar-refractivity contribution in [3.8, 4) is 11.5 Å². The second-order valence-electron chi connectivity index (χ2n) is 4.65. The Hall–Kier alpha value is -2.91. The van der Waals surface area contributed by atoms with Gasteiger partial charge in [0.05, 0.1) is 25.5 Å². The lowest BCUT2D eigenvalue weighted by atomic mass is 10.1. The van der Waals surface area contributed by atoms with E-state index >= 15 is 0 Å². The number of ether oxygens (including phenoxy) is 2. The fourth-order valence-corrected chi connectivity index (χ4v) is 1.91. The summed E-state index contributed by atoms with van der Waals surface area (Å²) in [4.78, 5) is 11.9. The first-order valence-electron chi connectivity index (χ1n) is 6.59. The third-order valence-corrected chi connectivity index (χ3v) is 2.94. The number of nitrogens with one attached hydrogen (secondary N) is 2. The Kier molecular flexibility index (Phi) is 4.86. The van der Waals surface area contributed by atoms with Crippen molar-refractivity contribution < 1.29 is 32.0 Å². The summed E-state index contributed by atoms with van der Waals surface area (Å²) < 4.78 is 53.7. The van der Waals surface area contributed by atoms with Crippen molar-refractivity contribution in [2.45, 2.75) is 13.1 Å². The maximum Gasteiger partial charge on any atom is 0.420 e. The van der Waals surface area contributed by atoms with E-state index in [1.165, 1.54) is 13.2 Å². The summed E-state index contributed by atoms with van der Waals surface area (Å²) in [7, 11) is 2.36. The summed E-state index contributed by atoms with van der Waals surface area (Å²) in [6.45, 7) is 1.62. The van der Waals surface area contributed by atoms with Crippen LogP contribution in [0.5, 0.6) is 11.5 Å². The van der Waals surface area contributed by atoms with Crippen LogP contribution in [0.3, 0.4) is 0 Å². The molecule has 0 spiro atoms. The standard InChI is InChI=1S/C14H14F3N3O4/c1-7-4-12(20-24-7)19-13(21)18-9-5-8(14(15,16)17)10(22-2)6-11(9)23-3/h4-6H,1-3H3,(H2,18,19,20,21). The normalized spacial score (nSPS) is 11.1. The lowest BCUT2D eigenvalue weighted by molar-refractivity contribution is -0.138. The minimum absolute atomic E-state index is 0.00586. The molecule has 1 heterocycles. The minimum Gasteiger partial charge on any atom is -0.496 e. The monoisotopic (exact) mass is 345 g/mol. The number of carbonyl (C=O) groups excluding carboxylic acids is 1. The molecule has 0 saturated carbocycles. The quantitative estimate of drug-likeness (QED) is 0.883. The van der Waals surface area contributed by atoms with Crippen molar-refractivity contribution in [2.75, 3.05) is 24.9 Å². The van der Waals surface area contributed by atoms with Gasteiger partial charge in [0.1, 0.15) is 17.3 Å². The number of alkyl halides is 3. The average Bonchev–Trinajstić information content (AvgIpc) is 2.90. The molecule has 10 heteroatoms. The van der Waals surface area contributed by atoms with Crippen LogP contribution in [-0.2, 0) is 6.18 Å². The highest BCUT2D eigenvalue weighted by atomic mass is 19.4. The molecule has 0 bridgehead atoms. The van der Waals surface area contributed by atoms with E-state index in [0.717, 1.165) is 19.2 Å². The molecule has 0 radical (unpaired) electrons. The molecule has 24 heavy (non-hydrogen) atoms. The van der Waals surface area contributed by atoms with Crippen LogP contribution < -0.4 is 20.1 Å². The lowest BCUT2D eigenvalue weighted by Gasteiger charge is -2.17. The lowest BCUT2D eigenvalue weighted by Crippen LogP contribution is -2.20. The van der Waals surface area contributed by atoms with Gasteiger partial charge >= 0.3 is 12.2 Å². The number of aromatic nitrogens is 1. The second kappa shape index (κ2) is 6.69. The molecule has 1 aromatic heterocycles. The molecule has 2 rings (SSSR count). The zero-order chi connectivity index (χ0) is 17.9. The van der Waals surface area contributed by atoms with Gasteiger partial charge in [-0.3, -0.25) is 5.32 Å². The molecule has 0 saturated heterocycles. The van der Waals surface area contributed by atoms with Gasteiger partial charge in [-0.25, -0.2) is 4.79 Å². The smallest absolute Gasteiger partial charge is 0.420 e. The number of carbonyl (C=O) groups is 1. The highest BCUT2D eigenvalue weighted by Gasteiger charge is 2.35. The zero-order valence-electron chi connectivity index (χ0n) is 12.9. The number of urea groups is 1. The number of hydrogen-bond acceptors (Lipinski definition) is 5. The second-order valence-corrected chi connectivity index (χ2v) is 4.65. The number of methoxy groups -OCH3 is 2. The number of amides is 2. The largest absolute Gasteiger partial charge is 0.496 e. The fourth-order valence-electron chi connectivity index (χ4n) is 1.91. The van der Waals surface area contributed by atoms with Crippen LogP contribution in [0.4, 0.5) is 29.5 Å². The highest BCUT2D eigenvalue weighted by Crippen LogP contribution is 2.41. The zero-order valence-corrected chi connectivity index (χ0v) is 12.9. The summed E-state index contributed by atoms with van der Waals surface area (Å²) in [5.74, 6) is 0.170. The maximum absolute atomic E-state index is 13.1. The first kappa shape index (κ1) is 17.4. The number of aryl methyl sites for hydroxylation is 1. The Bertz CT molecular complexity index is 743. The van der Waals surface area contributed by atoms with E-state index in [9.17, 15) is 18.0 Å². The molecule has 0 fully saturated rings. The van der Waals surface area contributed by atoms with Crippen LogP contribution in [0.25, 0.3) is 0 Å². The van der Waals surface area contributed by atoms with Gasteiger partial charge in [-0.15, -0.1) is 0 Å². The number of rotatable bonds is 4. The number of benzene rings is 1. The van der Waals surface area contributed by atoms with Gasteiger partial charge in [0.15, 0.2) is 5.82 Å². The third kappa shape index (κ3) is 3.89. The molecule has 0 unspecified atom stereocenters. The molecule has 2 N–H and O–H groups in total. The Morgan fingerprint density at radius 3 is 2.29 bits per heavy atom. The van der Waals surface area contributed by atoms with Crippen LogP contribution in [-0.4, -0.2) is 25.4 Å². The first-order valence-corrected chi connectivity index (χ1v) is 6.59. The number of anilines is 2. The summed E-state index contributed by atoms with van der Waals surface area (Å²) in [6.07, 6.45) is -4.66. The number of hydrogen-bond donors (Lipinski definition) is 2. The van der Waals surface area contributed by atoms with Gasteiger partial charge in [0, 0.05) is 12.1 Å². The van der Waals surface area contributed by atoms with Gasteiger partial charge in [-0.2, -0.15) is 13.2 Å². The fraction of sp³-hybridized carbons (Fsp3) is 0.286. The van der Waals surface area contributed by atoms with Crippen LogP contribution in [0.2, 0.25) is 0 Å². The van der Waals surface area contributed by atoms with Gasteiger partial charge in [-0.05, 0) is 13.0 Å². The predicted molar refractivity (Wildman–Crippen MR) is 78.4 cm³/mol. The predicted octanol–water partition coefficient (Wildman–Crippen LogP) is 3.66. The van der Waals surface area contributed by atoms with Crippen molar-refractivity contribution in [2.24, 2.45) is 0 Å². The molecule has 2 aromatic rings. The topological polar surface area (TPSA) is 85.6 Å². The molecule has 0 aliphatic rings. The maximum atomic E-state index is 13.1. The number of halogens is 3. The summed E-state index contributed by atoms with van der Waals surface area (Å²) in [5, 5.41) is 8.14. The molecule has 7 nitrogen and oxygen atoms in total. The van der Waals surface area contributed by atoms with Crippen LogP contribution >= 0.6 is 0 Å². The summed E-state index contributed by atoms with van der Waals surface area (Å²) in [6, 6.07) is 2.41. The van der Waals surface area contributed by atoms with Crippen LogP contribution in [0, 0.1) is 6.92 Å². The van der Waals surface area contributed by atoms with Crippen LogP contribution in [0.1, 0.15) is 11.3 Å². The Morgan fingerprint density at radius 1 is 1.12 bits per heavy atom. The summed E-state index contributed by atoms with van der Waals surface area (Å²) in [5.41, 5.74) is -1.22. The molecule has 0 aliphatic heterocycles. The van der Waals surface area contributed by atoms with Crippen molar-refractivity contribution in [3.63, 3.8) is 0 Å². The van der Waals surface area contributed by atoms with Crippen molar-refractivity contribution in [1.29, 1.82) is 0 Å².